The van der Waals surface area contributed by atoms with Crippen LogP contribution < -0.4 is 20.1 Å². The maximum Gasteiger partial charge on any atom is 0.274 e. The van der Waals surface area contributed by atoms with Crippen molar-refractivity contribution in [2.75, 3.05) is 24.9 Å². The smallest absolute Gasteiger partial charge is 0.274 e. The van der Waals surface area contributed by atoms with Crippen LogP contribution in [-0.4, -0.2) is 25.1 Å². The number of aromatic nitrogens is 1. The zero-order chi connectivity index (χ0) is 19.9. The zero-order valence-electron chi connectivity index (χ0n) is 15.4. The summed E-state index contributed by atoms with van der Waals surface area (Å²) in [6.45, 7) is 0. The Balaban J connectivity index is 1.80. The number of ether oxygens (including phenoxy) is 2. The Morgan fingerprint density at radius 3 is 2.61 bits per heavy atom. The first-order valence-corrected chi connectivity index (χ1v) is 8.40. The van der Waals surface area contributed by atoms with Crippen molar-refractivity contribution in [2.45, 2.75) is 0 Å². The molecule has 28 heavy (non-hydrogen) atoms. The third kappa shape index (κ3) is 4.19. The van der Waals surface area contributed by atoms with E-state index in [1.807, 2.05) is 6.07 Å². The Morgan fingerprint density at radius 2 is 1.86 bits per heavy atom. The lowest BCUT2D eigenvalue weighted by Crippen LogP contribution is -2.14. The zero-order valence-corrected chi connectivity index (χ0v) is 15.4. The molecule has 0 saturated heterocycles. The number of hydrogen-bond acceptors (Lipinski definition) is 6. The molecule has 0 saturated carbocycles. The first-order valence-electron chi connectivity index (χ1n) is 8.40. The molecule has 140 valence electrons. The fraction of sp³-hybridized carbons (Fsp3) is 0.0952. The van der Waals surface area contributed by atoms with Crippen LogP contribution in [0.2, 0.25) is 0 Å². The van der Waals surface area contributed by atoms with E-state index < -0.39 is 0 Å². The highest BCUT2D eigenvalue weighted by atomic mass is 16.5. The Hall–Kier alpha value is -4.05. The molecule has 0 aliphatic carbocycles. The van der Waals surface area contributed by atoms with Gasteiger partial charge in [-0.3, -0.25) is 9.78 Å². The summed E-state index contributed by atoms with van der Waals surface area (Å²) in [5.41, 5.74) is 2.53. The molecule has 3 rings (SSSR count). The first kappa shape index (κ1) is 18.7. The average Bonchev–Trinajstić information content (AvgIpc) is 2.74. The lowest BCUT2D eigenvalue weighted by molar-refractivity contribution is 0.102. The highest BCUT2D eigenvalue weighted by molar-refractivity contribution is 6.04. The van der Waals surface area contributed by atoms with E-state index in [1.165, 1.54) is 13.3 Å². The van der Waals surface area contributed by atoms with Crippen LogP contribution >= 0.6 is 0 Å². The summed E-state index contributed by atoms with van der Waals surface area (Å²) in [5, 5.41) is 15.1. The number of nitriles is 1. The van der Waals surface area contributed by atoms with E-state index in [9.17, 15) is 10.1 Å². The molecule has 2 aromatic carbocycles. The normalized spacial score (nSPS) is 9.89. The van der Waals surface area contributed by atoms with E-state index >= 15 is 0 Å². The minimum absolute atomic E-state index is 0.220. The molecule has 1 heterocycles. The summed E-state index contributed by atoms with van der Waals surface area (Å²) >= 11 is 0. The average molecular weight is 374 g/mol. The molecule has 1 amide bonds. The van der Waals surface area contributed by atoms with Crippen LogP contribution in [0.5, 0.6) is 11.5 Å². The van der Waals surface area contributed by atoms with Crippen LogP contribution in [0.3, 0.4) is 0 Å². The summed E-state index contributed by atoms with van der Waals surface area (Å²) in [6, 6.07) is 17.7. The number of carbonyl (C=O) groups excluding carboxylic acids is 1. The monoisotopic (exact) mass is 374 g/mol. The number of methoxy groups -OCH3 is 2. The molecular weight excluding hydrogens is 356 g/mol. The molecule has 3 aromatic rings. The maximum absolute atomic E-state index is 12.6. The van der Waals surface area contributed by atoms with Crippen LogP contribution in [0.1, 0.15) is 16.1 Å². The number of benzene rings is 2. The molecule has 0 aliphatic rings. The summed E-state index contributed by atoms with van der Waals surface area (Å²) in [5.74, 6) is 0.709. The van der Waals surface area contributed by atoms with E-state index in [-0.39, 0.29) is 11.6 Å². The molecule has 1 aromatic heterocycles. The summed E-state index contributed by atoms with van der Waals surface area (Å²) in [7, 11) is 3.07. The first-order chi connectivity index (χ1) is 13.6. The van der Waals surface area contributed by atoms with Gasteiger partial charge < -0.3 is 20.1 Å². The van der Waals surface area contributed by atoms with Gasteiger partial charge >= 0.3 is 0 Å². The second-order valence-corrected chi connectivity index (χ2v) is 5.73. The van der Waals surface area contributed by atoms with Gasteiger partial charge in [0.2, 0.25) is 0 Å². The fourth-order valence-corrected chi connectivity index (χ4v) is 2.57. The van der Waals surface area contributed by atoms with E-state index in [2.05, 4.69) is 21.7 Å². The molecule has 0 atom stereocenters. The lowest BCUT2D eigenvalue weighted by Gasteiger charge is -2.12. The molecule has 0 fully saturated rings. The molecule has 0 unspecified atom stereocenters. The second kappa shape index (κ2) is 8.56. The van der Waals surface area contributed by atoms with E-state index in [0.29, 0.717) is 34.1 Å². The third-order valence-corrected chi connectivity index (χ3v) is 3.98. The predicted molar refractivity (Wildman–Crippen MR) is 106 cm³/mol. The van der Waals surface area contributed by atoms with E-state index in [1.54, 1.807) is 55.6 Å². The second-order valence-electron chi connectivity index (χ2n) is 5.73. The Labute approximate surface area is 162 Å². The quantitative estimate of drug-likeness (QED) is 0.678. The standard InChI is InChI=1S/C21H18N4O3/c1-27-16-7-8-18(20(12-16)28-2)25-21(26)19-11-15(9-10-23-19)24-17-6-4-3-5-14(17)13-22/h3-12H,1-2H3,(H,23,24)(H,25,26). The van der Waals surface area contributed by atoms with Crippen LogP contribution in [0, 0.1) is 11.3 Å². The van der Waals surface area contributed by atoms with Crippen LogP contribution in [-0.2, 0) is 0 Å². The van der Waals surface area contributed by atoms with E-state index in [4.69, 9.17) is 9.47 Å². The molecule has 0 radical (unpaired) electrons. The lowest BCUT2D eigenvalue weighted by atomic mass is 10.2. The largest absolute Gasteiger partial charge is 0.497 e. The van der Waals surface area contributed by atoms with Crippen molar-refractivity contribution in [1.29, 1.82) is 5.26 Å². The van der Waals surface area contributed by atoms with Gasteiger partial charge in [0.15, 0.2) is 0 Å². The number of rotatable bonds is 6. The van der Waals surface area contributed by atoms with E-state index in [0.717, 1.165) is 0 Å². The number of hydrogen-bond donors (Lipinski definition) is 2. The van der Waals surface area contributed by atoms with Gasteiger partial charge in [-0.25, -0.2) is 0 Å². The van der Waals surface area contributed by atoms with Crippen molar-refractivity contribution in [3.8, 4) is 17.6 Å². The maximum atomic E-state index is 12.6. The SMILES string of the molecule is COc1ccc(NC(=O)c2cc(Nc3ccccc3C#N)ccn2)c(OC)c1. The molecule has 2 N–H and O–H groups in total. The number of nitrogens with one attached hydrogen (secondary N) is 2. The molecule has 0 aliphatic heterocycles. The minimum Gasteiger partial charge on any atom is -0.497 e. The Morgan fingerprint density at radius 1 is 1.04 bits per heavy atom. The number of nitrogens with zero attached hydrogens (tertiary/aromatic N) is 2. The Kier molecular flexibility index (Phi) is 5.72. The van der Waals surface area contributed by atoms with Gasteiger partial charge in [-0.15, -0.1) is 0 Å². The van der Waals surface area contributed by atoms with Gasteiger partial charge in [-0.2, -0.15) is 5.26 Å². The van der Waals surface area contributed by atoms with Gasteiger partial charge in [0.25, 0.3) is 5.91 Å². The van der Waals surface area contributed by atoms with Gasteiger partial charge in [0, 0.05) is 18.0 Å². The fourth-order valence-electron chi connectivity index (χ4n) is 2.57. The molecular formula is C21H18N4O3. The highest BCUT2D eigenvalue weighted by Crippen LogP contribution is 2.29. The molecule has 0 spiro atoms. The summed E-state index contributed by atoms with van der Waals surface area (Å²) in [4.78, 5) is 16.8. The van der Waals surface area contributed by atoms with Crippen LogP contribution in [0.15, 0.2) is 60.8 Å². The Bertz CT molecular complexity index is 1040. The number of carbonyl (C=O) groups is 1. The number of amides is 1. The third-order valence-electron chi connectivity index (χ3n) is 3.98. The molecule has 7 nitrogen and oxygen atoms in total. The van der Waals surface area contributed by atoms with Crippen molar-refractivity contribution in [3.63, 3.8) is 0 Å². The summed E-state index contributed by atoms with van der Waals surface area (Å²) in [6.07, 6.45) is 1.53. The van der Waals surface area contributed by atoms with Gasteiger partial charge in [-0.1, -0.05) is 12.1 Å². The number of para-hydroxylation sites is 1. The van der Waals surface area contributed by atoms with Crippen molar-refractivity contribution >= 4 is 23.0 Å². The predicted octanol–water partition coefficient (Wildman–Crippen LogP) is 3.97. The number of anilines is 3. The van der Waals surface area contributed by atoms with Gasteiger partial charge in [-0.05, 0) is 36.4 Å². The van der Waals surface area contributed by atoms with Crippen molar-refractivity contribution in [1.82, 2.24) is 4.98 Å². The van der Waals surface area contributed by atoms with Crippen molar-refractivity contribution < 1.29 is 14.3 Å². The van der Waals surface area contributed by atoms with Gasteiger partial charge in [0.1, 0.15) is 23.3 Å². The number of pyridine rings is 1. The van der Waals surface area contributed by atoms with Crippen molar-refractivity contribution in [2.24, 2.45) is 0 Å². The molecule has 0 bridgehead atoms. The van der Waals surface area contributed by atoms with Crippen molar-refractivity contribution in [3.05, 3.63) is 72.1 Å². The topological polar surface area (TPSA) is 96.3 Å². The van der Waals surface area contributed by atoms with Gasteiger partial charge in [0.05, 0.1) is 31.2 Å². The highest BCUT2D eigenvalue weighted by Gasteiger charge is 2.13. The van der Waals surface area contributed by atoms with Crippen LogP contribution in [0.4, 0.5) is 17.1 Å². The summed E-state index contributed by atoms with van der Waals surface area (Å²) < 4.78 is 10.5. The molecule has 7 heteroatoms. The minimum atomic E-state index is -0.388. The van der Waals surface area contributed by atoms with Crippen LogP contribution in [0.25, 0.3) is 0 Å².